The molecule has 65 heavy (non-hydrogen) atoms. The molecule has 2 aliphatic heterocycles. The summed E-state index contributed by atoms with van der Waals surface area (Å²) in [7, 11) is -7.88. The summed E-state index contributed by atoms with van der Waals surface area (Å²) in [5.74, 6) is 1.36. The van der Waals surface area contributed by atoms with Crippen LogP contribution in [0.3, 0.4) is 0 Å². The molecule has 0 fully saturated rings. The van der Waals surface area contributed by atoms with Gasteiger partial charge in [0.15, 0.2) is 0 Å². The molecule has 2 aliphatic rings. The summed E-state index contributed by atoms with van der Waals surface area (Å²) in [4.78, 5) is 0. The van der Waals surface area contributed by atoms with Crippen molar-refractivity contribution in [2.45, 2.75) is 186 Å². The van der Waals surface area contributed by atoms with Gasteiger partial charge in [-0.1, -0.05) is 184 Å². The number of hydrogen-bond acceptors (Lipinski definition) is 1. The van der Waals surface area contributed by atoms with Gasteiger partial charge in [-0.2, -0.15) is 4.52 Å². The number of allylic oxidation sites excluding steroid dienone is 4. The van der Waals surface area contributed by atoms with Gasteiger partial charge in [0, 0.05) is 22.8 Å². The molecule has 0 bridgehead atoms. The van der Waals surface area contributed by atoms with E-state index in [1.54, 1.807) is 0 Å². The minimum absolute atomic E-state index is 0.152. The molecule has 0 radical (unpaired) electrons. The lowest BCUT2D eigenvalue weighted by Crippen LogP contribution is -2.31. The van der Waals surface area contributed by atoms with Gasteiger partial charge >= 0.3 is 7.59 Å². The molecule has 0 unspecified atom stereocenters. The molecular formula is C56H82N6OP2. The fourth-order valence-electron chi connectivity index (χ4n) is 10.2. The monoisotopic (exact) mass is 917 g/mol. The van der Waals surface area contributed by atoms with E-state index in [-0.39, 0.29) is 47.3 Å². The Balaban J connectivity index is 1.95. The number of benzene rings is 4. The molecule has 0 saturated carbocycles. The van der Waals surface area contributed by atoms with Gasteiger partial charge in [-0.05, 0) is 120 Å². The summed E-state index contributed by atoms with van der Waals surface area (Å²) in [5, 5.41) is 0. The van der Waals surface area contributed by atoms with Gasteiger partial charge in [0.2, 0.25) is 7.51 Å². The molecular weight excluding hydrogens is 835 g/mol. The number of rotatable bonds is 13. The van der Waals surface area contributed by atoms with E-state index in [1.165, 1.54) is 22.3 Å². The smallest absolute Gasteiger partial charge is 0.281 e. The normalized spacial score (nSPS) is 16.6. The Morgan fingerprint density at radius 1 is 0.354 bits per heavy atom. The van der Waals surface area contributed by atoms with Crippen LogP contribution in [0.15, 0.2) is 100 Å². The Labute approximate surface area is 395 Å². The van der Waals surface area contributed by atoms with Gasteiger partial charge in [0.05, 0.1) is 22.7 Å². The van der Waals surface area contributed by atoms with Crippen LogP contribution in [-0.2, 0) is 4.57 Å². The third-order valence-electron chi connectivity index (χ3n) is 13.9. The molecule has 7 nitrogen and oxygen atoms in total. The molecule has 2 N–H and O–H groups in total. The highest BCUT2D eigenvalue weighted by Crippen LogP contribution is 2.76. The zero-order valence-corrected chi connectivity index (χ0v) is 45.5. The van der Waals surface area contributed by atoms with Gasteiger partial charge in [-0.25, -0.2) is 4.57 Å². The Morgan fingerprint density at radius 3 is 0.708 bits per heavy atom. The first-order chi connectivity index (χ1) is 30.3. The Hall–Kier alpha value is -4.02. The predicted molar refractivity (Wildman–Crippen MR) is 286 cm³/mol. The van der Waals surface area contributed by atoms with Crippen molar-refractivity contribution < 1.29 is 4.57 Å². The number of nitrogens with zero attached hydrogens (tertiary/aromatic N) is 5. The van der Waals surface area contributed by atoms with Crippen LogP contribution in [0.5, 0.6) is 0 Å². The van der Waals surface area contributed by atoms with Crippen LogP contribution in [0.25, 0.3) is 0 Å². The highest BCUT2D eigenvalue weighted by atomic mass is 31.2. The van der Waals surface area contributed by atoms with E-state index in [0.29, 0.717) is 0 Å². The van der Waals surface area contributed by atoms with Crippen molar-refractivity contribution in [1.29, 1.82) is 0 Å². The van der Waals surface area contributed by atoms with Crippen molar-refractivity contribution in [2.75, 3.05) is 18.7 Å². The fourth-order valence-corrected chi connectivity index (χ4v) is 17.5. The van der Waals surface area contributed by atoms with Crippen LogP contribution in [0, 0.1) is 0 Å². The average molecular weight is 917 g/mol. The number of hydrogen-bond donors (Lipinski definition) is 1. The summed E-state index contributed by atoms with van der Waals surface area (Å²) in [6.45, 7) is 44.9. The minimum Gasteiger partial charge on any atom is -0.281 e. The van der Waals surface area contributed by atoms with Crippen molar-refractivity contribution >= 4 is 37.9 Å². The molecule has 352 valence electrons. The van der Waals surface area contributed by atoms with Crippen LogP contribution < -0.4 is 24.2 Å². The lowest BCUT2D eigenvalue weighted by molar-refractivity contribution is 0.575. The Bertz CT molecular complexity index is 2340. The van der Waals surface area contributed by atoms with Crippen molar-refractivity contribution in [3.05, 3.63) is 140 Å². The van der Waals surface area contributed by atoms with Gasteiger partial charge in [-0.15, -0.1) is 0 Å². The third kappa shape index (κ3) is 8.50. The quantitative estimate of drug-likeness (QED) is 0.135. The van der Waals surface area contributed by atoms with E-state index in [0.717, 1.165) is 67.8 Å². The molecule has 0 amide bonds. The van der Waals surface area contributed by atoms with E-state index in [4.69, 9.17) is 10.0 Å². The molecule has 0 spiro atoms. The largest absolute Gasteiger partial charge is 0.390 e. The molecule has 4 aromatic carbocycles. The number of anilines is 4. The number of nitrogens with two attached hydrogens (primary N) is 1. The molecule has 0 aromatic heterocycles. The maximum absolute atomic E-state index is 18.3. The highest BCUT2D eigenvalue weighted by Gasteiger charge is 2.55. The van der Waals surface area contributed by atoms with Crippen molar-refractivity contribution in [2.24, 2.45) is 10.0 Å². The number of para-hydroxylation sites is 4. The summed E-state index contributed by atoms with van der Waals surface area (Å²) in [6, 6.07) is 26.7. The van der Waals surface area contributed by atoms with Crippen molar-refractivity contribution in [1.82, 2.24) is 0 Å². The third-order valence-corrected chi connectivity index (χ3v) is 20.1. The van der Waals surface area contributed by atoms with E-state index >= 15 is 4.57 Å². The Morgan fingerprint density at radius 2 is 0.523 bits per heavy atom. The van der Waals surface area contributed by atoms with E-state index in [9.17, 15) is 0 Å². The highest BCUT2D eigenvalue weighted by molar-refractivity contribution is 7.78. The van der Waals surface area contributed by atoms with Crippen LogP contribution in [0.1, 0.15) is 230 Å². The van der Waals surface area contributed by atoms with E-state index < -0.39 is 15.1 Å². The van der Waals surface area contributed by atoms with Crippen LogP contribution in [0.2, 0.25) is 0 Å². The lowest BCUT2D eigenvalue weighted by Gasteiger charge is -2.43. The average Bonchev–Trinajstić information content (AvgIpc) is 3.53. The summed E-state index contributed by atoms with van der Waals surface area (Å²) in [6.07, 6.45) is 0. The van der Waals surface area contributed by atoms with Crippen LogP contribution in [0.4, 0.5) is 22.7 Å². The molecule has 0 atom stereocenters. The summed E-state index contributed by atoms with van der Waals surface area (Å²) >= 11 is 0. The van der Waals surface area contributed by atoms with Gasteiger partial charge < -0.3 is 0 Å². The second-order valence-corrected chi connectivity index (χ2v) is 25.8. The maximum Gasteiger partial charge on any atom is 0.390 e. The zero-order chi connectivity index (χ0) is 48.4. The summed E-state index contributed by atoms with van der Waals surface area (Å²) in [5.41, 5.74) is 26.2. The second-order valence-electron chi connectivity index (χ2n) is 21.2. The molecule has 2 heterocycles. The van der Waals surface area contributed by atoms with Gasteiger partial charge in [0.25, 0.3) is 0 Å². The second kappa shape index (κ2) is 18.9. The first-order valence-corrected chi connectivity index (χ1v) is 27.7. The molecule has 6 rings (SSSR count). The first-order valence-electron chi connectivity index (χ1n) is 24.5. The lowest BCUT2D eigenvalue weighted by atomic mass is 9.92. The molecule has 0 aliphatic carbocycles. The predicted octanol–water partition coefficient (Wildman–Crippen LogP) is 18.5. The molecule has 4 aromatic rings. The maximum atomic E-state index is 18.3. The minimum atomic E-state index is -4.22. The SMILES string of the molecule is CC1=C(C)N(c2c(C(C)C)cccc2C(C)C)P(=O)(N=P2(N)N(c3c(C(C)C)cccc3C(C)C)C(C)=C(C)N2c2c(C(C)C)cccc2C(C)C)N1c1c(C(C)C)cccc1C(C)C. The first kappa shape index (κ1) is 50.4. The fraction of sp³-hybridized carbons (Fsp3) is 0.500. The van der Waals surface area contributed by atoms with E-state index in [2.05, 4.69) is 230 Å². The summed E-state index contributed by atoms with van der Waals surface area (Å²) < 4.78 is 33.7. The van der Waals surface area contributed by atoms with Crippen LogP contribution in [-0.4, -0.2) is 0 Å². The topological polar surface area (TPSA) is 68.4 Å². The van der Waals surface area contributed by atoms with Crippen LogP contribution >= 0.6 is 15.1 Å². The van der Waals surface area contributed by atoms with Crippen molar-refractivity contribution in [3.8, 4) is 0 Å². The zero-order valence-electron chi connectivity index (χ0n) is 43.7. The van der Waals surface area contributed by atoms with Crippen molar-refractivity contribution in [3.63, 3.8) is 0 Å². The molecule has 9 heteroatoms. The van der Waals surface area contributed by atoms with E-state index in [1.807, 2.05) is 0 Å². The van der Waals surface area contributed by atoms with Gasteiger partial charge in [0.1, 0.15) is 0 Å². The Kier molecular flexibility index (Phi) is 14.7. The van der Waals surface area contributed by atoms with Gasteiger partial charge in [-0.3, -0.25) is 24.2 Å². The molecule has 0 saturated heterocycles. The standard InChI is InChI=1S/C56H82N6OP2/c1-33(2)45-25-21-26-46(34(3)4)53(45)59-41(17)42(18)60(54-47(35(5)6)27-22-28-48(54)36(7)8)64(59,57)58-65(63)61(55-49(37(9)10)29-23-30-50(55)38(11)12)43(19)44(20)62(65)56-51(39(13)14)31-24-32-52(56)40(15)16/h21-40H,57H2,1-20H3.